The van der Waals surface area contributed by atoms with Crippen molar-refractivity contribution in [3.63, 3.8) is 0 Å². The number of hydrogen-bond acceptors (Lipinski definition) is 6. The third-order valence-electron chi connectivity index (χ3n) is 3.12. The molecule has 0 radical (unpaired) electrons. The first kappa shape index (κ1) is 13.6. The third-order valence-corrected chi connectivity index (χ3v) is 3.12. The molecule has 0 saturated heterocycles. The van der Waals surface area contributed by atoms with Crippen LogP contribution >= 0.6 is 0 Å². The Labute approximate surface area is 112 Å². The van der Waals surface area contributed by atoms with Gasteiger partial charge in [0.1, 0.15) is 12.0 Å². The monoisotopic (exact) mass is 261 g/mol. The van der Waals surface area contributed by atoms with Gasteiger partial charge in [0.25, 0.3) is 0 Å². The van der Waals surface area contributed by atoms with Crippen molar-refractivity contribution < 1.29 is 4.52 Å². The number of nitrogens with zero attached hydrogens (tertiary/aromatic N) is 4. The molecule has 6 nitrogen and oxygen atoms in total. The second-order valence-electron chi connectivity index (χ2n) is 5.31. The number of nitrogens with two attached hydrogens (primary N) is 1. The van der Waals surface area contributed by atoms with Crippen LogP contribution in [0.5, 0.6) is 0 Å². The molecule has 0 fully saturated rings. The summed E-state index contributed by atoms with van der Waals surface area (Å²) in [4.78, 5) is 12.3. The number of aromatic nitrogens is 4. The summed E-state index contributed by atoms with van der Waals surface area (Å²) in [5, 5.41) is 3.93. The minimum atomic E-state index is 0.193. The molecule has 2 aromatic heterocycles. The first-order chi connectivity index (χ1) is 9.11. The molecular formula is C13H19N5O. The minimum Gasteiger partial charge on any atom is -0.339 e. The van der Waals surface area contributed by atoms with E-state index in [9.17, 15) is 0 Å². The van der Waals surface area contributed by atoms with Crippen LogP contribution in [0.3, 0.4) is 0 Å². The van der Waals surface area contributed by atoms with Gasteiger partial charge in [-0.05, 0) is 30.9 Å². The van der Waals surface area contributed by atoms with Crippen molar-refractivity contribution in [2.45, 2.75) is 33.1 Å². The molecule has 0 bridgehead atoms. The molecule has 0 amide bonds. The number of hydrogen-bond donors (Lipinski definition) is 1. The Balaban J connectivity index is 1.99. The fraction of sp³-hybridized carbons (Fsp3) is 0.538. The summed E-state index contributed by atoms with van der Waals surface area (Å²) >= 11 is 0. The van der Waals surface area contributed by atoms with Crippen LogP contribution < -0.4 is 5.73 Å². The molecule has 2 rings (SSSR count). The van der Waals surface area contributed by atoms with Crippen LogP contribution in [0, 0.1) is 5.41 Å². The predicted octanol–water partition coefficient (Wildman–Crippen LogP) is 1.83. The summed E-state index contributed by atoms with van der Waals surface area (Å²) in [5.41, 5.74) is 6.46. The van der Waals surface area contributed by atoms with E-state index in [2.05, 4.69) is 34.0 Å². The highest BCUT2D eigenvalue weighted by molar-refractivity contribution is 5.46. The largest absolute Gasteiger partial charge is 0.339 e. The summed E-state index contributed by atoms with van der Waals surface area (Å²) in [6.07, 6.45) is 5.83. The Kier molecular flexibility index (Phi) is 4.21. The maximum absolute atomic E-state index is 5.60. The molecule has 0 aliphatic rings. The van der Waals surface area contributed by atoms with Gasteiger partial charge in [-0.25, -0.2) is 9.97 Å². The zero-order valence-corrected chi connectivity index (χ0v) is 11.3. The second-order valence-corrected chi connectivity index (χ2v) is 5.31. The Hall–Kier alpha value is -1.82. The lowest BCUT2D eigenvalue weighted by molar-refractivity contribution is 0.289. The van der Waals surface area contributed by atoms with Crippen LogP contribution in [0.4, 0.5) is 0 Å². The third kappa shape index (κ3) is 3.82. The SMILES string of the molecule is CC(C)(CCN)CCc1nc(-c2ccncn2)no1. The van der Waals surface area contributed by atoms with Gasteiger partial charge in [-0.1, -0.05) is 19.0 Å². The lowest BCUT2D eigenvalue weighted by atomic mass is 9.84. The van der Waals surface area contributed by atoms with E-state index in [0.29, 0.717) is 24.0 Å². The maximum Gasteiger partial charge on any atom is 0.227 e. The van der Waals surface area contributed by atoms with Crippen molar-refractivity contribution in [3.8, 4) is 11.5 Å². The molecule has 0 aromatic carbocycles. The van der Waals surface area contributed by atoms with Gasteiger partial charge in [0.15, 0.2) is 0 Å². The molecule has 6 heteroatoms. The standard InChI is InChI=1S/C13H19N5O/c1-13(2,6-7-14)5-3-11-17-12(18-19-11)10-4-8-15-9-16-10/h4,8-9H,3,5-7,14H2,1-2H3. The van der Waals surface area contributed by atoms with Gasteiger partial charge in [-0.3, -0.25) is 0 Å². The number of aryl methyl sites for hydroxylation is 1. The molecule has 0 unspecified atom stereocenters. The Morgan fingerprint density at radius 2 is 2.16 bits per heavy atom. The van der Waals surface area contributed by atoms with Crippen LogP contribution in [0.25, 0.3) is 11.5 Å². The van der Waals surface area contributed by atoms with Gasteiger partial charge in [0.05, 0.1) is 0 Å². The van der Waals surface area contributed by atoms with Gasteiger partial charge in [0, 0.05) is 12.6 Å². The summed E-state index contributed by atoms with van der Waals surface area (Å²) in [6, 6.07) is 1.76. The van der Waals surface area contributed by atoms with Crippen molar-refractivity contribution in [1.82, 2.24) is 20.1 Å². The van der Waals surface area contributed by atoms with E-state index in [-0.39, 0.29) is 5.41 Å². The van der Waals surface area contributed by atoms with Crippen LogP contribution in [-0.4, -0.2) is 26.7 Å². The smallest absolute Gasteiger partial charge is 0.227 e. The minimum absolute atomic E-state index is 0.193. The fourth-order valence-electron chi connectivity index (χ4n) is 1.84. The molecule has 0 spiro atoms. The van der Waals surface area contributed by atoms with Crippen molar-refractivity contribution >= 4 is 0 Å². The fourth-order valence-corrected chi connectivity index (χ4v) is 1.84. The van der Waals surface area contributed by atoms with Crippen LogP contribution in [0.1, 0.15) is 32.6 Å². The zero-order chi connectivity index (χ0) is 13.7. The summed E-state index contributed by atoms with van der Waals surface area (Å²) in [5.74, 6) is 1.15. The average molecular weight is 261 g/mol. The van der Waals surface area contributed by atoms with Crippen LogP contribution in [0.2, 0.25) is 0 Å². The normalized spacial score (nSPS) is 11.7. The van der Waals surface area contributed by atoms with Gasteiger partial charge in [-0.2, -0.15) is 4.98 Å². The lowest BCUT2D eigenvalue weighted by Gasteiger charge is -2.22. The highest BCUT2D eigenvalue weighted by atomic mass is 16.5. The highest BCUT2D eigenvalue weighted by Crippen LogP contribution is 2.26. The van der Waals surface area contributed by atoms with Gasteiger partial charge in [0.2, 0.25) is 11.7 Å². The van der Waals surface area contributed by atoms with E-state index in [1.54, 1.807) is 12.3 Å². The molecule has 2 heterocycles. The molecule has 2 N–H and O–H groups in total. The molecule has 0 aliphatic heterocycles. The first-order valence-electron chi connectivity index (χ1n) is 6.40. The van der Waals surface area contributed by atoms with Gasteiger partial charge < -0.3 is 10.3 Å². The maximum atomic E-state index is 5.60. The quantitative estimate of drug-likeness (QED) is 0.853. The van der Waals surface area contributed by atoms with E-state index in [4.69, 9.17) is 10.3 Å². The molecule has 0 aliphatic carbocycles. The van der Waals surface area contributed by atoms with Crippen molar-refractivity contribution in [2.24, 2.45) is 11.1 Å². The van der Waals surface area contributed by atoms with Crippen molar-refractivity contribution in [2.75, 3.05) is 6.54 Å². The van der Waals surface area contributed by atoms with E-state index >= 15 is 0 Å². The Morgan fingerprint density at radius 3 is 2.84 bits per heavy atom. The molecule has 2 aromatic rings. The van der Waals surface area contributed by atoms with E-state index in [1.807, 2.05) is 0 Å². The molecule has 0 saturated carbocycles. The summed E-state index contributed by atoms with van der Waals surface area (Å²) in [7, 11) is 0. The Bertz CT molecular complexity index is 509. The molecule has 19 heavy (non-hydrogen) atoms. The Morgan fingerprint density at radius 1 is 1.32 bits per heavy atom. The van der Waals surface area contributed by atoms with E-state index < -0.39 is 0 Å². The molecule has 102 valence electrons. The first-order valence-corrected chi connectivity index (χ1v) is 6.40. The number of rotatable bonds is 6. The van der Waals surface area contributed by atoms with Gasteiger partial charge in [-0.15, -0.1) is 0 Å². The van der Waals surface area contributed by atoms with Crippen molar-refractivity contribution in [3.05, 3.63) is 24.5 Å². The molecular weight excluding hydrogens is 242 g/mol. The van der Waals surface area contributed by atoms with Gasteiger partial charge >= 0.3 is 0 Å². The van der Waals surface area contributed by atoms with E-state index in [1.165, 1.54) is 6.33 Å². The van der Waals surface area contributed by atoms with Crippen LogP contribution in [-0.2, 0) is 6.42 Å². The van der Waals surface area contributed by atoms with Crippen LogP contribution in [0.15, 0.2) is 23.1 Å². The summed E-state index contributed by atoms with van der Waals surface area (Å²) < 4.78 is 5.24. The predicted molar refractivity (Wildman–Crippen MR) is 71.1 cm³/mol. The second kappa shape index (κ2) is 5.88. The topological polar surface area (TPSA) is 90.7 Å². The highest BCUT2D eigenvalue weighted by Gasteiger charge is 2.18. The average Bonchev–Trinajstić information content (AvgIpc) is 2.86. The zero-order valence-electron chi connectivity index (χ0n) is 11.3. The summed E-state index contributed by atoms with van der Waals surface area (Å²) in [6.45, 7) is 5.09. The lowest BCUT2D eigenvalue weighted by Crippen LogP contribution is -2.17. The van der Waals surface area contributed by atoms with E-state index in [0.717, 1.165) is 19.3 Å². The van der Waals surface area contributed by atoms with Crippen molar-refractivity contribution in [1.29, 1.82) is 0 Å². The molecule has 0 atom stereocenters.